The molecule has 1 aliphatic heterocycles. The maximum Gasteiger partial charge on any atom is 0.342 e. The average Bonchev–Trinajstić information content (AvgIpc) is 2.89. The molecule has 1 atom stereocenters. The van der Waals surface area contributed by atoms with Gasteiger partial charge in [-0.2, -0.15) is 5.26 Å². The molecule has 0 fully saturated rings. The molecule has 0 aliphatic carbocycles. The number of esters is 1. The summed E-state index contributed by atoms with van der Waals surface area (Å²) in [6.45, 7) is 1.78. The second-order valence-electron chi connectivity index (χ2n) is 5.31. The molecule has 128 valence electrons. The lowest BCUT2D eigenvalue weighted by Crippen LogP contribution is -2.21. The molecule has 2 aromatic rings. The molecule has 5 nitrogen and oxygen atoms in total. The third kappa shape index (κ3) is 2.85. The van der Waals surface area contributed by atoms with Gasteiger partial charge in [0.1, 0.15) is 17.2 Å². The Bertz CT molecular complexity index is 960. The number of allylic oxidation sites excluding steroid dienone is 1. The summed E-state index contributed by atoms with van der Waals surface area (Å²) < 4.78 is 10.4. The van der Waals surface area contributed by atoms with Gasteiger partial charge in [0, 0.05) is 14.9 Å². The Morgan fingerprint density at radius 3 is 2.76 bits per heavy atom. The van der Waals surface area contributed by atoms with E-state index in [1.807, 2.05) is 0 Å². The zero-order valence-electron chi connectivity index (χ0n) is 13.2. The van der Waals surface area contributed by atoms with Crippen molar-refractivity contribution in [2.75, 3.05) is 7.11 Å². The van der Waals surface area contributed by atoms with Gasteiger partial charge in [-0.05, 0) is 24.6 Å². The Kier molecular flexibility index (Phi) is 4.65. The minimum atomic E-state index is -0.541. The Labute approximate surface area is 158 Å². The van der Waals surface area contributed by atoms with Crippen LogP contribution >= 0.6 is 34.5 Å². The number of nitrogens with zero attached hydrogens (tertiary/aromatic N) is 1. The number of fused-ring (bicyclic) bond motifs is 1. The van der Waals surface area contributed by atoms with E-state index in [4.69, 9.17) is 38.4 Å². The molecule has 2 N–H and O–H groups in total. The predicted octanol–water partition coefficient (Wildman–Crippen LogP) is 4.37. The highest BCUT2D eigenvalue weighted by Crippen LogP contribution is 2.50. The smallest absolute Gasteiger partial charge is 0.342 e. The molecule has 1 aromatic heterocycles. The molecular weight excluding hydrogens is 383 g/mol. The number of thiophene rings is 1. The van der Waals surface area contributed by atoms with Crippen molar-refractivity contribution in [3.63, 3.8) is 0 Å². The Hall–Kier alpha value is -2.20. The number of rotatable bonds is 2. The molecule has 0 radical (unpaired) electrons. The van der Waals surface area contributed by atoms with Crippen LogP contribution in [-0.2, 0) is 4.74 Å². The fraction of sp³-hybridized carbons (Fsp3) is 0.176. The summed E-state index contributed by atoms with van der Waals surface area (Å²) in [4.78, 5) is 13.5. The van der Waals surface area contributed by atoms with Crippen LogP contribution in [0.1, 0.15) is 31.6 Å². The molecule has 0 saturated heterocycles. The highest BCUT2D eigenvalue weighted by molar-refractivity contribution is 7.12. The number of benzene rings is 1. The zero-order valence-corrected chi connectivity index (χ0v) is 15.6. The minimum Gasteiger partial charge on any atom is -0.465 e. The van der Waals surface area contributed by atoms with Crippen LogP contribution in [0.3, 0.4) is 0 Å². The third-order valence-electron chi connectivity index (χ3n) is 3.88. The van der Waals surface area contributed by atoms with Crippen LogP contribution in [0.5, 0.6) is 5.75 Å². The molecule has 0 saturated carbocycles. The first-order chi connectivity index (χ1) is 11.9. The predicted molar refractivity (Wildman–Crippen MR) is 96.2 cm³/mol. The van der Waals surface area contributed by atoms with Gasteiger partial charge in [-0.15, -0.1) is 11.3 Å². The quantitative estimate of drug-likeness (QED) is 0.764. The van der Waals surface area contributed by atoms with E-state index in [1.165, 1.54) is 18.4 Å². The van der Waals surface area contributed by atoms with Gasteiger partial charge in [0.2, 0.25) is 5.88 Å². The summed E-state index contributed by atoms with van der Waals surface area (Å²) in [6.07, 6.45) is 0. The maximum absolute atomic E-state index is 12.1. The number of carbonyl (C=O) groups excluding carboxylic acids is 1. The Morgan fingerprint density at radius 2 is 2.16 bits per heavy atom. The largest absolute Gasteiger partial charge is 0.465 e. The summed E-state index contributed by atoms with van der Waals surface area (Å²) in [7, 11) is 1.29. The fourth-order valence-corrected chi connectivity index (χ4v) is 4.49. The van der Waals surface area contributed by atoms with E-state index in [0.29, 0.717) is 36.7 Å². The monoisotopic (exact) mass is 394 g/mol. The van der Waals surface area contributed by atoms with Crippen molar-refractivity contribution in [3.05, 3.63) is 60.6 Å². The summed E-state index contributed by atoms with van der Waals surface area (Å²) in [5, 5.41) is 10.5. The van der Waals surface area contributed by atoms with Crippen molar-refractivity contribution in [3.8, 4) is 11.8 Å². The molecule has 8 heteroatoms. The topological polar surface area (TPSA) is 85.3 Å². The molecule has 0 spiro atoms. The molecule has 1 unspecified atom stereocenters. The molecule has 3 rings (SSSR count). The van der Waals surface area contributed by atoms with Gasteiger partial charge in [0.05, 0.1) is 17.9 Å². The second-order valence-corrected chi connectivity index (χ2v) is 7.41. The van der Waals surface area contributed by atoms with Crippen molar-refractivity contribution in [1.29, 1.82) is 5.26 Å². The standard InChI is InChI=1S/C17H12Cl2N2O3S/c1-7-12(17(22)23-2)14-15(25-7)13(10(6-20)16(21)24-14)9-4-3-8(18)5-11(9)19/h3-5,13H,21H2,1-2H3. The minimum absolute atomic E-state index is 0.0611. The maximum atomic E-state index is 12.1. The number of nitrogens with two attached hydrogens (primary N) is 1. The average molecular weight is 395 g/mol. The van der Waals surface area contributed by atoms with E-state index >= 15 is 0 Å². The number of hydrogen-bond donors (Lipinski definition) is 1. The van der Waals surface area contributed by atoms with E-state index in [0.717, 1.165) is 0 Å². The number of ether oxygens (including phenoxy) is 2. The highest BCUT2D eigenvalue weighted by atomic mass is 35.5. The van der Waals surface area contributed by atoms with Crippen molar-refractivity contribution in [1.82, 2.24) is 0 Å². The van der Waals surface area contributed by atoms with E-state index in [9.17, 15) is 10.1 Å². The number of hydrogen-bond acceptors (Lipinski definition) is 6. The number of nitriles is 1. The highest BCUT2D eigenvalue weighted by Gasteiger charge is 2.37. The van der Waals surface area contributed by atoms with Gasteiger partial charge in [-0.25, -0.2) is 4.79 Å². The number of methoxy groups -OCH3 is 1. The molecule has 0 bridgehead atoms. The van der Waals surface area contributed by atoms with E-state index in [-0.39, 0.29) is 11.5 Å². The molecular formula is C17H12Cl2N2O3S. The molecule has 1 aliphatic rings. The first kappa shape index (κ1) is 17.6. The van der Waals surface area contributed by atoms with E-state index < -0.39 is 11.9 Å². The first-order valence-electron chi connectivity index (χ1n) is 7.13. The van der Waals surface area contributed by atoms with Crippen LogP contribution < -0.4 is 10.5 Å². The van der Waals surface area contributed by atoms with Gasteiger partial charge in [-0.3, -0.25) is 0 Å². The number of carbonyl (C=O) groups is 1. The van der Waals surface area contributed by atoms with E-state index in [2.05, 4.69) is 6.07 Å². The number of aryl methyl sites for hydroxylation is 1. The zero-order chi connectivity index (χ0) is 18.3. The van der Waals surface area contributed by atoms with Crippen molar-refractivity contribution in [2.24, 2.45) is 5.73 Å². The first-order valence-corrected chi connectivity index (χ1v) is 8.70. The summed E-state index contributed by atoms with van der Waals surface area (Å²) in [6, 6.07) is 7.11. The third-order valence-corrected chi connectivity index (χ3v) is 5.59. The summed E-state index contributed by atoms with van der Waals surface area (Å²) in [5.41, 5.74) is 7.14. The Balaban J connectivity index is 2.28. The molecule has 0 amide bonds. The van der Waals surface area contributed by atoms with Crippen LogP contribution in [-0.4, -0.2) is 13.1 Å². The number of halogens is 2. The summed E-state index contributed by atoms with van der Waals surface area (Å²) in [5.74, 6) is -0.819. The molecule has 1 aromatic carbocycles. The van der Waals surface area contributed by atoms with Gasteiger partial charge in [0.15, 0.2) is 5.75 Å². The lowest BCUT2D eigenvalue weighted by molar-refractivity contribution is 0.0597. The lowest BCUT2D eigenvalue weighted by Gasteiger charge is -2.24. The van der Waals surface area contributed by atoms with Crippen LogP contribution in [0.15, 0.2) is 29.7 Å². The van der Waals surface area contributed by atoms with Crippen molar-refractivity contribution < 1.29 is 14.3 Å². The normalized spacial score (nSPS) is 16.0. The van der Waals surface area contributed by atoms with Crippen LogP contribution in [0.2, 0.25) is 10.0 Å². The van der Waals surface area contributed by atoms with Gasteiger partial charge in [-0.1, -0.05) is 29.3 Å². The SMILES string of the molecule is COC(=O)c1c(C)sc2c1OC(N)=C(C#N)C2c1ccc(Cl)cc1Cl. The Morgan fingerprint density at radius 1 is 1.44 bits per heavy atom. The second kappa shape index (κ2) is 6.60. The van der Waals surface area contributed by atoms with Crippen LogP contribution in [0.25, 0.3) is 0 Å². The molecule has 2 heterocycles. The summed E-state index contributed by atoms with van der Waals surface area (Å²) >= 11 is 13.7. The van der Waals surface area contributed by atoms with Gasteiger partial charge >= 0.3 is 5.97 Å². The van der Waals surface area contributed by atoms with Crippen molar-refractivity contribution in [2.45, 2.75) is 12.8 Å². The van der Waals surface area contributed by atoms with Crippen molar-refractivity contribution >= 4 is 40.5 Å². The fourth-order valence-electron chi connectivity index (χ4n) is 2.77. The van der Waals surface area contributed by atoms with Gasteiger partial charge < -0.3 is 15.2 Å². The van der Waals surface area contributed by atoms with E-state index in [1.54, 1.807) is 25.1 Å². The van der Waals surface area contributed by atoms with Gasteiger partial charge in [0.25, 0.3) is 0 Å². The molecule has 25 heavy (non-hydrogen) atoms. The lowest BCUT2D eigenvalue weighted by atomic mass is 9.88. The van der Waals surface area contributed by atoms with Crippen LogP contribution in [0.4, 0.5) is 0 Å². The van der Waals surface area contributed by atoms with Crippen LogP contribution in [0, 0.1) is 18.3 Å².